The number of alkyl halides is 1. The van der Waals surface area contributed by atoms with Crippen LogP contribution >= 0.6 is 35.1 Å². The van der Waals surface area contributed by atoms with E-state index in [1.54, 1.807) is 108 Å². The van der Waals surface area contributed by atoms with Gasteiger partial charge in [-0.2, -0.15) is 0 Å². The van der Waals surface area contributed by atoms with Crippen molar-refractivity contribution in [2.45, 2.75) is 67.5 Å². The number of amides is 2. The smallest absolute Gasteiger partial charge is 0.294 e. The zero-order valence-electron chi connectivity index (χ0n) is 44.5. The molecule has 0 spiro atoms. The summed E-state index contributed by atoms with van der Waals surface area (Å²) in [7, 11) is 12.9. The van der Waals surface area contributed by atoms with Crippen LogP contribution in [0.2, 0.25) is 0 Å². The van der Waals surface area contributed by atoms with Crippen LogP contribution in [0, 0.1) is 10.1 Å². The Bertz CT molecular complexity index is 3340. The third-order valence-electron chi connectivity index (χ3n) is 13.8. The molecule has 2 amide bonds. The molecule has 2 aliphatic rings. The normalized spacial score (nSPS) is 13.8. The minimum absolute atomic E-state index is 0. The van der Waals surface area contributed by atoms with Crippen molar-refractivity contribution in [3.63, 3.8) is 0 Å². The lowest BCUT2D eigenvalue weighted by atomic mass is 9.95. The number of methoxy groups -OCH3 is 6. The Morgan fingerprint density at radius 1 is 0.603 bits per heavy atom. The maximum absolute atomic E-state index is 13.7. The quantitative estimate of drug-likeness (QED) is 0.0386. The van der Waals surface area contributed by atoms with Crippen molar-refractivity contribution < 1.29 is 47.9 Å². The topological polar surface area (TPSA) is 183 Å². The second-order valence-electron chi connectivity index (χ2n) is 17.9. The number of halogens is 1. The summed E-state index contributed by atoms with van der Waals surface area (Å²) >= 11 is 8.76. The number of hydrogen-bond donors (Lipinski definition) is 0. The van der Waals surface area contributed by atoms with E-state index in [2.05, 4.69) is 4.84 Å². The first-order chi connectivity index (χ1) is 37.1. The number of ether oxygens (including phenoxy) is 6. The average molecular weight is 1120 g/mol. The van der Waals surface area contributed by atoms with Gasteiger partial charge in [-0.05, 0) is 143 Å². The highest BCUT2D eigenvalue weighted by molar-refractivity contribution is 7.98. The van der Waals surface area contributed by atoms with Crippen molar-refractivity contribution in [2.24, 2.45) is 0 Å². The van der Waals surface area contributed by atoms with Gasteiger partial charge in [0, 0.05) is 42.2 Å². The first-order valence-corrected chi connectivity index (χ1v) is 27.2. The maximum Gasteiger partial charge on any atom is 0.294 e. The second kappa shape index (κ2) is 26.8. The van der Waals surface area contributed by atoms with Gasteiger partial charge in [-0.3, -0.25) is 19.2 Å². The first-order valence-electron chi connectivity index (χ1n) is 24.3. The fourth-order valence-electron chi connectivity index (χ4n) is 10.1. The predicted octanol–water partition coefficient (Wildman–Crippen LogP) is 11.5. The van der Waals surface area contributed by atoms with E-state index in [1.165, 1.54) is 30.6 Å². The number of carbonyl (C=O) groups is 2. The van der Waals surface area contributed by atoms with Gasteiger partial charge in [-0.15, -0.1) is 45.2 Å². The van der Waals surface area contributed by atoms with Crippen molar-refractivity contribution in [3.8, 4) is 56.8 Å². The fourth-order valence-corrected chi connectivity index (χ4v) is 11.2. The third-order valence-corrected chi connectivity index (χ3v) is 15.7. The molecule has 0 radical (unpaired) electrons. The van der Waals surface area contributed by atoms with E-state index in [0.717, 1.165) is 44.5 Å². The van der Waals surface area contributed by atoms with Crippen LogP contribution in [-0.4, -0.2) is 96.0 Å². The van der Waals surface area contributed by atoms with Gasteiger partial charge >= 0.3 is 0 Å². The highest BCUT2D eigenvalue weighted by Crippen LogP contribution is 2.53. The lowest BCUT2D eigenvalue weighted by Gasteiger charge is -2.28. The van der Waals surface area contributed by atoms with Gasteiger partial charge < -0.3 is 43.1 Å². The summed E-state index contributed by atoms with van der Waals surface area (Å²) in [6, 6.07) is 27.6. The molecule has 16 nitrogen and oxygen atoms in total. The Morgan fingerprint density at radius 3 is 1.38 bits per heavy atom. The van der Waals surface area contributed by atoms with E-state index in [1.807, 2.05) is 61.0 Å². The number of fused-ring (bicyclic) bond motifs is 6. The van der Waals surface area contributed by atoms with E-state index in [0.29, 0.717) is 98.1 Å². The number of nitrogens with zero attached hydrogens (tertiary/aromatic N) is 3. The summed E-state index contributed by atoms with van der Waals surface area (Å²) < 4.78 is 34.2. The molecule has 0 N–H and O–H groups in total. The molecule has 2 aliphatic carbocycles. The average Bonchev–Trinajstić information content (AvgIpc) is 3.96. The number of carbonyl (C=O) groups excluding carboxylic acids is 2. The second-order valence-corrected chi connectivity index (χ2v) is 19.9. The third kappa shape index (κ3) is 12.3. The Kier molecular flexibility index (Phi) is 20.5. The first kappa shape index (κ1) is 59.8. The van der Waals surface area contributed by atoms with E-state index in [4.69, 9.17) is 40.0 Å². The van der Waals surface area contributed by atoms with E-state index < -0.39 is 11.1 Å². The Labute approximate surface area is 468 Å². The van der Waals surface area contributed by atoms with Crippen molar-refractivity contribution in [2.75, 3.05) is 69.3 Å². The summed E-state index contributed by atoms with van der Waals surface area (Å²) in [5.74, 6) is 2.90. The van der Waals surface area contributed by atoms with Gasteiger partial charge in [0.2, 0.25) is 11.5 Å². The number of benzene rings is 4. The van der Waals surface area contributed by atoms with Crippen LogP contribution in [0.25, 0.3) is 22.3 Å². The highest BCUT2D eigenvalue weighted by Gasteiger charge is 2.35. The van der Waals surface area contributed by atoms with Gasteiger partial charge in [0.15, 0.2) is 33.9 Å². The summed E-state index contributed by atoms with van der Waals surface area (Å²) in [6.07, 6.45) is 6.04. The van der Waals surface area contributed by atoms with Crippen molar-refractivity contribution in [3.05, 3.63) is 172 Å². The molecule has 6 aromatic rings. The molecule has 6 aromatic carbocycles. The van der Waals surface area contributed by atoms with Crippen LogP contribution in [0.4, 0.5) is 0 Å². The largest absolute Gasteiger partial charge is 0.493 e. The number of thioether (sulfide) groups is 2. The maximum atomic E-state index is 13.7. The molecular weight excluding hydrogens is 1060 g/mol. The standard InChI is InChI=1S/C29H30ClNO5S.C29H30N2O8S.CH4/c1-31(29(33)19-8-6-7-17(13-19)16-30)22-11-9-18-14-24(34-2)27(35-3)28(36-4)26(18)20-10-12-25(37-5)23(32)15-21(20)22;1-30(29(33)19-8-6-7-17(13-19)16-39-31(34)35)22-11-9-18-14-24(36-2)27(37-3)28(38-4)26(18)20-10-12-25(40-5)23(32)15-21(20)22;/h6-8,10,12-15,22H,9,11,16H2,1-5H3;6-8,10,12-15,22H,9,11,16H2,1-5H3;1H4/t2*22-;/m00./s1. The number of aryl methyl sites for hydroxylation is 2. The van der Waals surface area contributed by atoms with Crippen LogP contribution < -0.4 is 39.3 Å². The molecule has 0 unspecified atom stereocenters. The van der Waals surface area contributed by atoms with E-state index in [9.17, 15) is 29.3 Å². The van der Waals surface area contributed by atoms with Crippen molar-refractivity contribution >= 4 is 46.9 Å². The van der Waals surface area contributed by atoms with Crippen LogP contribution in [0.3, 0.4) is 0 Å². The van der Waals surface area contributed by atoms with Gasteiger partial charge in [-0.25, -0.2) is 0 Å². The molecule has 0 fully saturated rings. The summed E-state index contributed by atoms with van der Waals surface area (Å²) in [6.45, 7) is -0.268. The van der Waals surface area contributed by atoms with E-state index >= 15 is 0 Å². The van der Waals surface area contributed by atoms with Crippen LogP contribution in [0.15, 0.2) is 116 Å². The SMILES string of the molecule is C.COc1cc2c(c(OC)c1OC)-c1ccc(SC)c(=O)cc1[C@@H](N(C)C(=O)c1cccc(CCl)c1)CC2.COc1cc2c(c(OC)c1OC)-c1ccc(SC)c(=O)cc1[C@@H](N(C)C(=O)c1cccc(CO[N+](=O)[O-])c1)CC2. The molecular formula is C59H64ClN3O13S2. The van der Waals surface area contributed by atoms with Crippen molar-refractivity contribution in [1.29, 1.82) is 0 Å². The fraction of sp³-hybridized carbons (Fsp3) is 0.322. The summed E-state index contributed by atoms with van der Waals surface area (Å²) in [5, 5.41) is 9.76. The van der Waals surface area contributed by atoms with Crippen LogP contribution in [0.5, 0.6) is 34.5 Å². The minimum atomic E-state index is -0.873. The molecule has 0 aromatic heterocycles. The number of rotatable bonds is 16. The zero-order valence-corrected chi connectivity index (χ0v) is 46.9. The Balaban J connectivity index is 0.000000250. The van der Waals surface area contributed by atoms with Gasteiger partial charge in [0.25, 0.3) is 16.9 Å². The Hall–Kier alpha value is -7.41. The summed E-state index contributed by atoms with van der Waals surface area (Å²) in [5.41, 5.74) is 8.58. The molecule has 0 heterocycles. The van der Waals surface area contributed by atoms with Gasteiger partial charge in [-0.1, -0.05) is 43.8 Å². The van der Waals surface area contributed by atoms with Gasteiger partial charge in [0.1, 0.15) is 6.61 Å². The minimum Gasteiger partial charge on any atom is -0.493 e. The monoisotopic (exact) mass is 1120 g/mol. The van der Waals surface area contributed by atoms with Crippen LogP contribution in [-0.2, 0) is 30.2 Å². The lowest BCUT2D eigenvalue weighted by molar-refractivity contribution is -0.763. The highest BCUT2D eigenvalue weighted by atomic mass is 35.5. The zero-order chi connectivity index (χ0) is 55.7. The molecule has 0 aliphatic heterocycles. The van der Waals surface area contributed by atoms with Crippen molar-refractivity contribution in [1.82, 2.24) is 9.80 Å². The lowest BCUT2D eigenvalue weighted by Crippen LogP contribution is -2.32. The van der Waals surface area contributed by atoms with Crippen LogP contribution in [0.1, 0.15) is 86.4 Å². The Morgan fingerprint density at radius 2 is 1.01 bits per heavy atom. The molecule has 412 valence electrons. The van der Waals surface area contributed by atoms with E-state index in [-0.39, 0.29) is 42.7 Å². The molecule has 19 heteroatoms. The molecule has 78 heavy (non-hydrogen) atoms. The molecule has 0 saturated heterocycles. The number of hydrogen-bond acceptors (Lipinski definition) is 15. The molecule has 8 rings (SSSR count). The molecule has 0 bridgehead atoms. The predicted molar refractivity (Wildman–Crippen MR) is 306 cm³/mol. The molecule has 0 saturated carbocycles. The summed E-state index contributed by atoms with van der Waals surface area (Å²) in [4.78, 5) is 73.5. The van der Waals surface area contributed by atoms with Gasteiger partial charge in [0.05, 0.1) is 64.5 Å². The molecule has 2 atom stereocenters.